The Kier molecular flexibility index (Phi) is 4.97. The number of nitrogens with one attached hydrogen (secondary N) is 1. The molecule has 2 rings (SSSR count). The second-order valence-corrected chi connectivity index (χ2v) is 5.29. The van der Waals surface area contributed by atoms with Crippen molar-refractivity contribution in [3.8, 4) is 0 Å². The fraction of sp³-hybridized carbons (Fsp3) is 0.562. The Morgan fingerprint density at radius 1 is 1.37 bits per heavy atom. The van der Waals surface area contributed by atoms with Crippen LogP contribution in [0.2, 0.25) is 0 Å². The van der Waals surface area contributed by atoms with E-state index < -0.39 is 0 Å². The van der Waals surface area contributed by atoms with E-state index in [4.69, 9.17) is 4.74 Å². The zero-order chi connectivity index (χ0) is 13.6. The smallest absolute Gasteiger partial charge is 0.313 e. The Bertz CT molecular complexity index is 396. The van der Waals surface area contributed by atoms with Crippen molar-refractivity contribution in [3.05, 3.63) is 35.9 Å². The van der Waals surface area contributed by atoms with Crippen LogP contribution in [-0.2, 0) is 16.0 Å². The third-order valence-electron chi connectivity index (χ3n) is 4.04. The lowest BCUT2D eigenvalue weighted by atomic mass is 9.84. The first-order chi connectivity index (χ1) is 9.27. The molecule has 0 spiro atoms. The van der Waals surface area contributed by atoms with Crippen LogP contribution in [0.4, 0.5) is 0 Å². The fourth-order valence-corrected chi connectivity index (χ4v) is 2.60. The first-order valence-electron chi connectivity index (χ1n) is 7.19. The molecule has 1 aromatic carbocycles. The van der Waals surface area contributed by atoms with Gasteiger partial charge in [-0.3, -0.25) is 4.79 Å². The molecule has 1 aliphatic rings. The molecule has 0 aliphatic carbocycles. The van der Waals surface area contributed by atoms with Gasteiger partial charge in [0.25, 0.3) is 0 Å². The van der Waals surface area contributed by atoms with Gasteiger partial charge in [-0.15, -0.1) is 0 Å². The first kappa shape index (κ1) is 14.1. The molecule has 0 aromatic heterocycles. The summed E-state index contributed by atoms with van der Waals surface area (Å²) < 4.78 is 5.46. The normalized spacial score (nSPS) is 22.4. The topological polar surface area (TPSA) is 38.3 Å². The van der Waals surface area contributed by atoms with Crippen LogP contribution in [0.15, 0.2) is 30.3 Å². The molecule has 1 atom stereocenters. The average molecular weight is 261 g/mol. The van der Waals surface area contributed by atoms with E-state index >= 15 is 0 Å². The maximum atomic E-state index is 12.1. The molecule has 3 nitrogen and oxygen atoms in total. The SMILES string of the molecule is CCC1(C(=O)OCCCc2ccccc2)CCNC1. The van der Waals surface area contributed by atoms with Crippen molar-refractivity contribution >= 4 is 5.97 Å². The third kappa shape index (κ3) is 3.57. The summed E-state index contributed by atoms with van der Waals surface area (Å²) in [6.45, 7) is 4.28. The van der Waals surface area contributed by atoms with Gasteiger partial charge in [-0.2, -0.15) is 0 Å². The highest BCUT2D eigenvalue weighted by atomic mass is 16.5. The predicted octanol–water partition coefficient (Wildman–Crippen LogP) is 2.55. The number of hydrogen-bond donors (Lipinski definition) is 1. The van der Waals surface area contributed by atoms with E-state index in [0.29, 0.717) is 6.61 Å². The predicted molar refractivity (Wildman–Crippen MR) is 75.9 cm³/mol. The summed E-state index contributed by atoms with van der Waals surface area (Å²) in [7, 11) is 0. The number of carbonyl (C=O) groups is 1. The van der Waals surface area contributed by atoms with Gasteiger partial charge < -0.3 is 10.1 Å². The van der Waals surface area contributed by atoms with Gasteiger partial charge in [-0.1, -0.05) is 37.3 Å². The number of esters is 1. The van der Waals surface area contributed by atoms with Crippen molar-refractivity contribution in [1.29, 1.82) is 0 Å². The van der Waals surface area contributed by atoms with Crippen molar-refractivity contribution in [1.82, 2.24) is 5.32 Å². The van der Waals surface area contributed by atoms with Crippen LogP contribution in [-0.4, -0.2) is 25.7 Å². The molecule has 3 heteroatoms. The summed E-state index contributed by atoms with van der Waals surface area (Å²) in [5.74, 6) is -0.0203. The van der Waals surface area contributed by atoms with Crippen LogP contribution in [0.25, 0.3) is 0 Å². The minimum absolute atomic E-state index is 0.0203. The summed E-state index contributed by atoms with van der Waals surface area (Å²) in [6.07, 6.45) is 3.62. The Balaban J connectivity index is 1.72. The lowest BCUT2D eigenvalue weighted by molar-refractivity contribution is -0.155. The molecule has 1 heterocycles. The molecule has 1 N–H and O–H groups in total. The van der Waals surface area contributed by atoms with E-state index in [-0.39, 0.29) is 11.4 Å². The van der Waals surface area contributed by atoms with Crippen LogP contribution in [0.1, 0.15) is 31.7 Å². The minimum atomic E-state index is -0.271. The van der Waals surface area contributed by atoms with Gasteiger partial charge in [-0.05, 0) is 37.8 Å². The zero-order valence-corrected chi connectivity index (χ0v) is 11.7. The molecule has 1 aliphatic heterocycles. The third-order valence-corrected chi connectivity index (χ3v) is 4.04. The minimum Gasteiger partial charge on any atom is -0.465 e. The molecule has 1 saturated heterocycles. The molecule has 0 radical (unpaired) electrons. The molecule has 104 valence electrons. The number of hydrogen-bond acceptors (Lipinski definition) is 3. The lowest BCUT2D eigenvalue weighted by Crippen LogP contribution is -2.34. The van der Waals surface area contributed by atoms with E-state index in [2.05, 4.69) is 24.4 Å². The van der Waals surface area contributed by atoms with E-state index in [0.717, 1.165) is 38.8 Å². The van der Waals surface area contributed by atoms with Crippen LogP contribution in [0.3, 0.4) is 0 Å². The number of aryl methyl sites for hydroxylation is 1. The second-order valence-electron chi connectivity index (χ2n) is 5.29. The second kappa shape index (κ2) is 6.71. The van der Waals surface area contributed by atoms with E-state index in [9.17, 15) is 4.79 Å². The maximum Gasteiger partial charge on any atom is 0.313 e. The molecular formula is C16H23NO2. The summed E-state index contributed by atoms with van der Waals surface area (Å²) in [6, 6.07) is 10.3. The average Bonchev–Trinajstić information content (AvgIpc) is 2.94. The van der Waals surface area contributed by atoms with Crippen molar-refractivity contribution < 1.29 is 9.53 Å². The quantitative estimate of drug-likeness (QED) is 0.632. The van der Waals surface area contributed by atoms with Crippen LogP contribution in [0.5, 0.6) is 0 Å². The highest BCUT2D eigenvalue weighted by molar-refractivity contribution is 5.77. The number of benzene rings is 1. The van der Waals surface area contributed by atoms with Crippen molar-refractivity contribution in [2.24, 2.45) is 5.41 Å². The molecule has 1 unspecified atom stereocenters. The van der Waals surface area contributed by atoms with Gasteiger partial charge in [0.1, 0.15) is 0 Å². The van der Waals surface area contributed by atoms with E-state index in [1.54, 1.807) is 0 Å². The molecule has 0 amide bonds. The van der Waals surface area contributed by atoms with Crippen LogP contribution in [0, 0.1) is 5.41 Å². The molecule has 1 fully saturated rings. The van der Waals surface area contributed by atoms with Crippen molar-refractivity contribution in [3.63, 3.8) is 0 Å². The largest absolute Gasteiger partial charge is 0.465 e. The van der Waals surface area contributed by atoms with Gasteiger partial charge in [0.15, 0.2) is 0 Å². The molecular weight excluding hydrogens is 238 g/mol. The van der Waals surface area contributed by atoms with Gasteiger partial charge in [0.05, 0.1) is 12.0 Å². The summed E-state index contributed by atoms with van der Waals surface area (Å²) in [4.78, 5) is 12.1. The zero-order valence-electron chi connectivity index (χ0n) is 11.7. The van der Waals surface area contributed by atoms with Gasteiger partial charge >= 0.3 is 5.97 Å². The monoisotopic (exact) mass is 261 g/mol. The summed E-state index contributed by atoms with van der Waals surface area (Å²) >= 11 is 0. The highest BCUT2D eigenvalue weighted by Gasteiger charge is 2.40. The summed E-state index contributed by atoms with van der Waals surface area (Å²) in [5.41, 5.74) is 1.03. The number of rotatable bonds is 6. The lowest BCUT2D eigenvalue weighted by Gasteiger charge is -2.23. The first-order valence-corrected chi connectivity index (χ1v) is 7.19. The standard InChI is InChI=1S/C16H23NO2/c1-2-16(10-11-17-13-16)15(18)19-12-6-9-14-7-4-3-5-8-14/h3-5,7-8,17H,2,6,9-13H2,1H3. The Labute approximate surface area is 115 Å². The Morgan fingerprint density at radius 2 is 2.16 bits per heavy atom. The van der Waals surface area contributed by atoms with Gasteiger partial charge in [0.2, 0.25) is 0 Å². The molecule has 1 aromatic rings. The maximum absolute atomic E-state index is 12.1. The van der Waals surface area contributed by atoms with E-state index in [1.807, 2.05) is 18.2 Å². The van der Waals surface area contributed by atoms with E-state index in [1.165, 1.54) is 5.56 Å². The van der Waals surface area contributed by atoms with Gasteiger partial charge in [-0.25, -0.2) is 0 Å². The molecule has 0 saturated carbocycles. The van der Waals surface area contributed by atoms with Crippen LogP contribution < -0.4 is 5.32 Å². The van der Waals surface area contributed by atoms with Crippen molar-refractivity contribution in [2.75, 3.05) is 19.7 Å². The summed E-state index contributed by atoms with van der Waals surface area (Å²) in [5, 5.41) is 3.26. The molecule has 19 heavy (non-hydrogen) atoms. The van der Waals surface area contributed by atoms with Gasteiger partial charge in [0, 0.05) is 6.54 Å². The number of carbonyl (C=O) groups excluding carboxylic acids is 1. The Morgan fingerprint density at radius 3 is 2.79 bits per heavy atom. The Hall–Kier alpha value is -1.35. The fourth-order valence-electron chi connectivity index (χ4n) is 2.60. The van der Waals surface area contributed by atoms with Crippen molar-refractivity contribution in [2.45, 2.75) is 32.6 Å². The number of ether oxygens (including phenoxy) is 1. The highest BCUT2D eigenvalue weighted by Crippen LogP contribution is 2.30. The van der Waals surface area contributed by atoms with Crippen LogP contribution >= 0.6 is 0 Å². The molecule has 0 bridgehead atoms.